The third-order valence-electron chi connectivity index (χ3n) is 4.77. The number of nitrogens with one attached hydrogen (secondary N) is 1. The molecule has 178 valence electrons. The third kappa shape index (κ3) is 7.31. The molecule has 0 unspecified atom stereocenters. The van der Waals surface area contributed by atoms with E-state index < -0.39 is 49.4 Å². The second-order valence-electron chi connectivity index (χ2n) is 7.01. The third-order valence-corrected chi connectivity index (χ3v) is 4.77. The molecule has 0 aliphatic carbocycles. The van der Waals surface area contributed by atoms with Gasteiger partial charge in [-0.3, -0.25) is 9.59 Å². The highest BCUT2D eigenvalue weighted by atomic mass is 19.4. The molecule has 13 heteroatoms. The Morgan fingerprint density at radius 1 is 1.00 bits per heavy atom. The predicted molar refractivity (Wildman–Crippen MR) is 98.1 cm³/mol. The highest BCUT2D eigenvalue weighted by Gasteiger charge is 2.45. The largest absolute Gasteiger partial charge is 0.471 e. The van der Waals surface area contributed by atoms with E-state index in [1.54, 1.807) is 30.3 Å². The van der Waals surface area contributed by atoms with Crippen LogP contribution < -0.4 is 5.32 Å². The Labute approximate surface area is 179 Å². The van der Waals surface area contributed by atoms with Gasteiger partial charge in [0.1, 0.15) is 6.61 Å². The van der Waals surface area contributed by atoms with Crippen molar-refractivity contribution in [1.82, 2.24) is 15.1 Å². The molecule has 1 fully saturated rings. The summed E-state index contributed by atoms with van der Waals surface area (Å²) in [6.45, 7) is -1.57. The summed E-state index contributed by atoms with van der Waals surface area (Å²) in [7, 11) is 0. The molecule has 0 aromatic heterocycles. The number of amides is 3. The maximum Gasteiger partial charge on any atom is 0.471 e. The van der Waals surface area contributed by atoms with Crippen LogP contribution >= 0.6 is 0 Å². The Hall–Kier alpha value is -2.99. The number of likely N-dealkylation sites (tertiary alicyclic amines) is 1. The predicted octanol–water partition coefficient (Wildman–Crippen LogP) is 2.86. The average Bonchev–Trinajstić information content (AvgIpc) is 2.74. The molecule has 3 amide bonds. The van der Waals surface area contributed by atoms with Gasteiger partial charge in [0, 0.05) is 32.2 Å². The van der Waals surface area contributed by atoms with Crippen LogP contribution in [-0.4, -0.2) is 72.3 Å². The lowest BCUT2D eigenvalue weighted by atomic mass is 10.0. The maximum atomic E-state index is 13.0. The first-order valence-corrected chi connectivity index (χ1v) is 9.58. The van der Waals surface area contributed by atoms with Gasteiger partial charge in [-0.2, -0.15) is 26.3 Å². The molecule has 1 heterocycles. The smallest absolute Gasteiger partial charge is 0.445 e. The molecule has 1 saturated heterocycles. The van der Waals surface area contributed by atoms with Gasteiger partial charge in [-0.25, -0.2) is 4.79 Å². The number of hydrogen-bond acceptors (Lipinski definition) is 4. The van der Waals surface area contributed by atoms with Crippen LogP contribution in [0.1, 0.15) is 18.4 Å². The lowest BCUT2D eigenvalue weighted by Crippen LogP contribution is -2.54. The van der Waals surface area contributed by atoms with Crippen molar-refractivity contribution in [3.63, 3.8) is 0 Å². The van der Waals surface area contributed by atoms with Crippen LogP contribution in [0, 0.1) is 0 Å². The summed E-state index contributed by atoms with van der Waals surface area (Å²) in [5.74, 6) is -4.53. The quantitative estimate of drug-likeness (QED) is 0.650. The molecule has 0 bridgehead atoms. The van der Waals surface area contributed by atoms with E-state index in [-0.39, 0.29) is 32.5 Å². The molecule has 7 nitrogen and oxygen atoms in total. The van der Waals surface area contributed by atoms with E-state index in [1.807, 2.05) is 0 Å². The maximum absolute atomic E-state index is 13.0. The molecular weight excluding hydrogens is 448 g/mol. The van der Waals surface area contributed by atoms with Crippen LogP contribution in [0.3, 0.4) is 0 Å². The first-order valence-electron chi connectivity index (χ1n) is 9.58. The minimum Gasteiger partial charge on any atom is -0.445 e. The zero-order valence-electron chi connectivity index (χ0n) is 16.7. The molecule has 0 atom stereocenters. The van der Waals surface area contributed by atoms with E-state index in [0.29, 0.717) is 4.90 Å². The summed E-state index contributed by atoms with van der Waals surface area (Å²) in [4.78, 5) is 36.5. The van der Waals surface area contributed by atoms with Gasteiger partial charge in [0.15, 0.2) is 0 Å². The summed E-state index contributed by atoms with van der Waals surface area (Å²) in [6, 6.07) is 7.84. The van der Waals surface area contributed by atoms with Crippen molar-refractivity contribution in [2.24, 2.45) is 0 Å². The summed E-state index contributed by atoms with van der Waals surface area (Å²) in [5, 5.41) is 1.45. The van der Waals surface area contributed by atoms with Gasteiger partial charge in [0.05, 0.1) is 0 Å². The molecule has 1 aromatic carbocycles. The number of ether oxygens (including phenoxy) is 1. The number of hydrogen-bond donors (Lipinski definition) is 1. The first-order chi connectivity index (χ1) is 14.9. The van der Waals surface area contributed by atoms with Gasteiger partial charge in [0.2, 0.25) is 0 Å². The highest BCUT2D eigenvalue weighted by Crippen LogP contribution is 2.24. The Balaban J connectivity index is 1.91. The van der Waals surface area contributed by atoms with Crippen molar-refractivity contribution >= 4 is 17.9 Å². The number of carbonyl (C=O) groups is 3. The van der Waals surface area contributed by atoms with Crippen molar-refractivity contribution < 1.29 is 45.5 Å². The number of piperidine rings is 1. The Morgan fingerprint density at radius 3 is 2.12 bits per heavy atom. The monoisotopic (exact) mass is 469 g/mol. The van der Waals surface area contributed by atoms with E-state index in [2.05, 4.69) is 0 Å². The highest BCUT2D eigenvalue weighted by molar-refractivity contribution is 5.83. The molecule has 1 aliphatic heterocycles. The fourth-order valence-electron chi connectivity index (χ4n) is 3.17. The van der Waals surface area contributed by atoms with Crippen molar-refractivity contribution in [1.29, 1.82) is 0 Å². The minimum atomic E-state index is -5.24. The SMILES string of the molecule is O=C(OCc1ccccc1)N1CCC(N(CCNC(=O)C(F)(F)F)C(=O)C(F)(F)F)CC1. The molecule has 1 N–H and O–H groups in total. The van der Waals surface area contributed by atoms with Gasteiger partial charge >= 0.3 is 30.3 Å². The van der Waals surface area contributed by atoms with Crippen LogP contribution in [0.15, 0.2) is 30.3 Å². The number of benzene rings is 1. The second kappa shape index (κ2) is 10.6. The van der Waals surface area contributed by atoms with Crippen LogP contribution in [0.25, 0.3) is 0 Å². The molecule has 1 aromatic rings. The van der Waals surface area contributed by atoms with Crippen LogP contribution in [-0.2, 0) is 20.9 Å². The molecule has 0 spiro atoms. The second-order valence-corrected chi connectivity index (χ2v) is 7.01. The Kier molecular flexibility index (Phi) is 8.33. The molecule has 32 heavy (non-hydrogen) atoms. The molecular formula is C19H21F6N3O4. The average molecular weight is 469 g/mol. The Bertz CT molecular complexity index is 792. The summed E-state index contributed by atoms with van der Waals surface area (Å²) in [5.41, 5.74) is 0.749. The van der Waals surface area contributed by atoms with Gasteiger partial charge < -0.3 is 19.9 Å². The zero-order valence-corrected chi connectivity index (χ0v) is 16.7. The number of carbonyl (C=O) groups excluding carboxylic acids is 3. The van der Waals surface area contributed by atoms with Crippen molar-refractivity contribution in [2.45, 2.75) is 37.8 Å². The first kappa shape index (κ1) is 25.3. The number of alkyl halides is 6. The fourth-order valence-corrected chi connectivity index (χ4v) is 3.17. The zero-order chi connectivity index (χ0) is 23.9. The number of rotatable bonds is 6. The van der Waals surface area contributed by atoms with Gasteiger partial charge in [0.25, 0.3) is 0 Å². The van der Waals surface area contributed by atoms with Crippen LogP contribution in [0.5, 0.6) is 0 Å². The Morgan fingerprint density at radius 2 is 1.59 bits per heavy atom. The van der Waals surface area contributed by atoms with Crippen LogP contribution in [0.4, 0.5) is 31.1 Å². The molecule has 0 saturated carbocycles. The summed E-state index contributed by atoms with van der Waals surface area (Å²) < 4.78 is 80.8. The van der Waals surface area contributed by atoms with Crippen molar-refractivity contribution in [3.8, 4) is 0 Å². The van der Waals surface area contributed by atoms with Crippen molar-refractivity contribution in [2.75, 3.05) is 26.2 Å². The van der Waals surface area contributed by atoms with Gasteiger partial charge in [-0.05, 0) is 18.4 Å². The van der Waals surface area contributed by atoms with Crippen LogP contribution in [0.2, 0.25) is 0 Å². The number of nitrogens with zero attached hydrogens (tertiary/aromatic N) is 2. The minimum absolute atomic E-state index is 0.00512. The van der Waals surface area contributed by atoms with E-state index in [0.717, 1.165) is 5.56 Å². The normalized spacial score (nSPS) is 15.2. The van der Waals surface area contributed by atoms with E-state index in [9.17, 15) is 40.7 Å². The molecule has 2 rings (SSSR count). The summed E-state index contributed by atoms with van der Waals surface area (Å²) in [6.07, 6.45) is -11.2. The van der Waals surface area contributed by atoms with Gasteiger partial charge in [-0.15, -0.1) is 0 Å². The number of halogens is 6. The van der Waals surface area contributed by atoms with Crippen molar-refractivity contribution in [3.05, 3.63) is 35.9 Å². The van der Waals surface area contributed by atoms with E-state index >= 15 is 0 Å². The van der Waals surface area contributed by atoms with E-state index in [1.165, 1.54) is 10.2 Å². The topological polar surface area (TPSA) is 79.0 Å². The standard InChI is InChI=1S/C19H21F6N3O4/c20-18(21,22)15(29)26-8-11-28(16(30)19(23,24)25)14-6-9-27(10-7-14)17(31)32-12-13-4-2-1-3-5-13/h1-5,14H,6-12H2,(H,26,29). The van der Waals surface area contributed by atoms with Gasteiger partial charge in [-0.1, -0.05) is 30.3 Å². The van der Waals surface area contributed by atoms with E-state index in [4.69, 9.17) is 4.74 Å². The lowest BCUT2D eigenvalue weighted by molar-refractivity contribution is -0.188. The molecule has 1 aliphatic rings. The summed E-state index contributed by atoms with van der Waals surface area (Å²) >= 11 is 0. The lowest BCUT2D eigenvalue weighted by Gasteiger charge is -2.38. The molecule has 0 radical (unpaired) electrons. The fraction of sp³-hybridized carbons (Fsp3) is 0.526.